The fraction of sp³-hybridized carbons (Fsp3) is 0.370. The van der Waals surface area contributed by atoms with Crippen LogP contribution in [0, 0.1) is 18.3 Å². The van der Waals surface area contributed by atoms with Crippen molar-refractivity contribution in [2.45, 2.75) is 32.8 Å². The fourth-order valence-corrected chi connectivity index (χ4v) is 3.98. The van der Waals surface area contributed by atoms with E-state index in [2.05, 4.69) is 21.3 Å². The molecule has 4 N–H and O–H groups in total. The van der Waals surface area contributed by atoms with E-state index in [1.165, 1.54) is 0 Å². The quantitative estimate of drug-likeness (QED) is 0.310. The molecule has 0 spiro atoms. The van der Waals surface area contributed by atoms with E-state index in [1.807, 2.05) is 44.3 Å². The Bertz CT molecular complexity index is 1260. The highest BCUT2D eigenvalue weighted by atomic mass is 16.5. The topological polar surface area (TPSA) is 134 Å². The van der Waals surface area contributed by atoms with Crippen molar-refractivity contribution >= 4 is 28.2 Å². The van der Waals surface area contributed by atoms with Crippen LogP contribution in [0.25, 0.3) is 10.9 Å². The van der Waals surface area contributed by atoms with Crippen molar-refractivity contribution in [1.29, 1.82) is 5.26 Å². The molecule has 0 aliphatic carbocycles. The van der Waals surface area contributed by atoms with Crippen molar-refractivity contribution in [3.63, 3.8) is 0 Å². The van der Waals surface area contributed by atoms with E-state index < -0.39 is 5.91 Å². The van der Waals surface area contributed by atoms with Gasteiger partial charge in [0.25, 0.3) is 0 Å². The molecule has 1 amide bonds. The zero-order chi connectivity index (χ0) is 26.1. The Balaban J connectivity index is 1.93. The molecule has 0 radical (unpaired) electrons. The number of aromatic nitrogens is 1. The highest BCUT2D eigenvalue weighted by molar-refractivity contribution is 5.98. The van der Waals surface area contributed by atoms with E-state index in [1.54, 1.807) is 13.3 Å². The molecule has 36 heavy (non-hydrogen) atoms. The Morgan fingerprint density at radius 1 is 1.25 bits per heavy atom. The summed E-state index contributed by atoms with van der Waals surface area (Å²) in [6.45, 7) is 3.87. The molecule has 0 unspecified atom stereocenters. The second-order valence-corrected chi connectivity index (χ2v) is 8.61. The van der Waals surface area contributed by atoms with Crippen molar-refractivity contribution in [2.24, 2.45) is 5.73 Å². The predicted octanol–water partition coefficient (Wildman–Crippen LogP) is 3.43. The van der Waals surface area contributed by atoms with E-state index in [4.69, 9.17) is 20.5 Å². The third kappa shape index (κ3) is 6.62. The number of benzene rings is 2. The number of nitrogens with one attached hydrogen (secondary N) is 1. The lowest BCUT2D eigenvalue weighted by Crippen LogP contribution is -2.22. The van der Waals surface area contributed by atoms with Crippen molar-refractivity contribution in [1.82, 2.24) is 9.88 Å². The normalized spacial score (nSPS) is 10.9. The number of carbonyl (C=O) groups is 1. The fourth-order valence-electron chi connectivity index (χ4n) is 3.98. The predicted molar refractivity (Wildman–Crippen MR) is 139 cm³/mol. The van der Waals surface area contributed by atoms with Gasteiger partial charge in [0.1, 0.15) is 0 Å². The Labute approximate surface area is 211 Å². The van der Waals surface area contributed by atoms with Crippen LogP contribution < -0.4 is 20.5 Å². The molecule has 1 aromatic heterocycles. The minimum Gasteiger partial charge on any atom is -0.493 e. The molecule has 9 heteroatoms. The summed E-state index contributed by atoms with van der Waals surface area (Å²) in [6.07, 6.45) is 2.95. The molecule has 1 heterocycles. The third-order valence-corrected chi connectivity index (χ3v) is 6.02. The minimum absolute atomic E-state index is 0.0178. The van der Waals surface area contributed by atoms with E-state index in [0.717, 1.165) is 41.7 Å². The molecule has 0 aliphatic heterocycles. The lowest BCUT2D eigenvalue weighted by molar-refractivity contribution is -0.117. The number of hydrogen-bond acceptors (Lipinski definition) is 8. The van der Waals surface area contributed by atoms with Crippen LogP contribution in [0.15, 0.2) is 36.5 Å². The highest BCUT2D eigenvalue weighted by Crippen LogP contribution is 2.38. The second-order valence-electron chi connectivity index (χ2n) is 8.61. The SMILES string of the molecule is COc1cc2c(Nc3cccc(CO)c3C)c(CC(N)=O)cnc2cc1OCCCN(C)CCC#N. The van der Waals surface area contributed by atoms with Crippen LogP contribution in [0.5, 0.6) is 11.5 Å². The zero-order valence-electron chi connectivity index (χ0n) is 21.0. The molecule has 0 fully saturated rings. The van der Waals surface area contributed by atoms with E-state index in [9.17, 15) is 9.90 Å². The highest BCUT2D eigenvalue weighted by Gasteiger charge is 2.17. The molecule has 9 nitrogen and oxygen atoms in total. The first-order valence-corrected chi connectivity index (χ1v) is 11.8. The van der Waals surface area contributed by atoms with Crippen molar-refractivity contribution in [2.75, 3.05) is 39.2 Å². The number of carbonyl (C=O) groups excluding carboxylic acids is 1. The van der Waals surface area contributed by atoms with Crippen molar-refractivity contribution < 1.29 is 19.4 Å². The summed E-state index contributed by atoms with van der Waals surface area (Å²) in [5.41, 5.74) is 10.0. The van der Waals surface area contributed by atoms with Gasteiger partial charge in [0, 0.05) is 48.4 Å². The molecule has 0 aliphatic rings. The first-order valence-electron chi connectivity index (χ1n) is 11.8. The molecular formula is C27H33N5O4. The van der Waals surface area contributed by atoms with Crippen molar-refractivity contribution in [3.8, 4) is 17.6 Å². The van der Waals surface area contributed by atoms with Gasteiger partial charge in [0.15, 0.2) is 11.5 Å². The van der Waals surface area contributed by atoms with Gasteiger partial charge in [-0.15, -0.1) is 0 Å². The summed E-state index contributed by atoms with van der Waals surface area (Å²) in [7, 11) is 3.56. The number of hydrogen-bond donors (Lipinski definition) is 3. The van der Waals surface area contributed by atoms with Gasteiger partial charge < -0.3 is 30.5 Å². The first-order chi connectivity index (χ1) is 17.4. The van der Waals surface area contributed by atoms with E-state index in [-0.39, 0.29) is 13.0 Å². The summed E-state index contributed by atoms with van der Waals surface area (Å²) < 4.78 is 11.6. The van der Waals surface area contributed by atoms with Crippen LogP contribution >= 0.6 is 0 Å². The van der Waals surface area contributed by atoms with Gasteiger partial charge in [0.2, 0.25) is 5.91 Å². The summed E-state index contributed by atoms with van der Waals surface area (Å²) in [4.78, 5) is 18.4. The maximum absolute atomic E-state index is 11.8. The van der Waals surface area contributed by atoms with Gasteiger partial charge in [-0.1, -0.05) is 12.1 Å². The van der Waals surface area contributed by atoms with Crippen LogP contribution in [-0.4, -0.2) is 54.8 Å². The number of nitriles is 1. The Morgan fingerprint density at radius 2 is 2.06 bits per heavy atom. The summed E-state index contributed by atoms with van der Waals surface area (Å²) in [5, 5.41) is 22.6. The number of rotatable bonds is 13. The number of methoxy groups -OCH3 is 1. The number of aliphatic hydroxyl groups is 1. The van der Waals surface area contributed by atoms with E-state index >= 15 is 0 Å². The number of ether oxygens (including phenoxy) is 2. The standard InChI is InChI=1S/C27H33N5O4/c1-18-19(17-33)7-4-8-22(18)31-27-20(13-26(29)34)16-30-23-15-25(24(35-3)14-21(23)27)36-12-6-11-32(2)10-5-9-28/h4,7-8,14-16,33H,5-6,10-13,17H2,1-3H3,(H2,29,34)(H,30,31). The molecule has 190 valence electrons. The third-order valence-electron chi connectivity index (χ3n) is 6.02. The molecule has 3 rings (SSSR count). The largest absolute Gasteiger partial charge is 0.493 e. The lowest BCUT2D eigenvalue weighted by atomic mass is 10.0. The smallest absolute Gasteiger partial charge is 0.221 e. The zero-order valence-corrected chi connectivity index (χ0v) is 21.0. The van der Waals surface area contributed by atoms with Gasteiger partial charge in [0.05, 0.1) is 44.0 Å². The number of anilines is 2. The molecule has 0 saturated heterocycles. The van der Waals surface area contributed by atoms with Gasteiger partial charge in [-0.05, 0) is 43.7 Å². The number of nitrogens with zero attached hydrogens (tertiary/aromatic N) is 3. The average Bonchev–Trinajstić information content (AvgIpc) is 2.87. The maximum Gasteiger partial charge on any atom is 0.221 e. The minimum atomic E-state index is -0.466. The Kier molecular flexibility index (Phi) is 9.45. The molecular weight excluding hydrogens is 458 g/mol. The maximum atomic E-state index is 11.8. The van der Waals surface area contributed by atoms with Crippen LogP contribution in [0.3, 0.4) is 0 Å². The molecule has 2 aromatic carbocycles. The molecule has 0 bridgehead atoms. The summed E-state index contributed by atoms with van der Waals surface area (Å²) in [5.74, 6) is 0.651. The summed E-state index contributed by atoms with van der Waals surface area (Å²) >= 11 is 0. The molecule has 0 atom stereocenters. The monoisotopic (exact) mass is 491 g/mol. The number of pyridine rings is 1. The number of aliphatic hydroxyl groups excluding tert-OH is 1. The van der Waals surface area contributed by atoms with Crippen LogP contribution in [-0.2, 0) is 17.8 Å². The number of nitrogens with two attached hydrogens (primary N) is 1. The van der Waals surface area contributed by atoms with Crippen LogP contribution in [0.4, 0.5) is 11.4 Å². The number of primary amides is 1. The van der Waals surface area contributed by atoms with E-state index in [0.29, 0.717) is 41.3 Å². The van der Waals surface area contributed by atoms with Gasteiger partial charge in [-0.25, -0.2) is 0 Å². The first kappa shape index (κ1) is 26.7. The molecule has 3 aromatic rings. The number of fused-ring (bicyclic) bond motifs is 1. The molecule has 0 saturated carbocycles. The van der Waals surface area contributed by atoms with Crippen LogP contribution in [0.1, 0.15) is 29.5 Å². The van der Waals surface area contributed by atoms with Gasteiger partial charge in [-0.3, -0.25) is 9.78 Å². The lowest BCUT2D eigenvalue weighted by Gasteiger charge is -2.19. The average molecular weight is 492 g/mol. The Morgan fingerprint density at radius 3 is 2.75 bits per heavy atom. The van der Waals surface area contributed by atoms with Gasteiger partial charge >= 0.3 is 0 Å². The second kappa shape index (κ2) is 12.7. The summed E-state index contributed by atoms with van der Waals surface area (Å²) in [6, 6.07) is 11.5. The van der Waals surface area contributed by atoms with Gasteiger partial charge in [-0.2, -0.15) is 5.26 Å². The van der Waals surface area contributed by atoms with Crippen molar-refractivity contribution in [3.05, 3.63) is 53.2 Å². The Hall–Kier alpha value is -3.87. The van der Waals surface area contributed by atoms with Crippen LogP contribution in [0.2, 0.25) is 0 Å². The number of amides is 1.